The third-order valence-electron chi connectivity index (χ3n) is 7.91. The maximum absolute atomic E-state index is 14.0. The molecule has 4 rings (SSSR count). The van der Waals surface area contributed by atoms with Gasteiger partial charge in [0.1, 0.15) is 6.04 Å². The molecule has 2 amide bonds. The van der Waals surface area contributed by atoms with Crippen LogP contribution in [0, 0.1) is 6.92 Å². The second-order valence-electron chi connectivity index (χ2n) is 11.5. The minimum Gasteiger partial charge on any atom is -0.352 e. The van der Waals surface area contributed by atoms with Gasteiger partial charge in [-0.15, -0.1) is 0 Å². The molecule has 9 heteroatoms. The first-order valence-corrected chi connectivity index (χ1v) is 17.3. The van der Waals surface area contributed by atoms with E-state index in [4.69, 9.17) is 11.6 Å². The number of rotatable bonds is 13. The molecule has 1 fully saturated rings. The highest BCUT2D eigenvalue weighted by molar-refractivity contribution is 7.92. The van der Waals surface area contributed by atoms with Crippen molar-refractivity contribution in [3.05, 3.63) is 101 Å². The summed E-state index contributed by atoms with van der Waals surface area (Å²) in [4.78, 5) is 29.6. The monoisotopic (exact) mass is 623 g/mol. The number of carbonyl (C=O) groups is 2. The first-order chi connectivity index (χ1) is 20.6. The van der Waals surface area contributed by atoms with Crippen molar-refractivity contribution in [2.24, 2.45) is 0 Å². The lowest BCUT2D eigenvalue weighted by Gasteiger charge is -2.34. The van der Waals surface area contributed by atoms with Gasteiger partial charge in [0.2, 0.25) is 21.8 Å². The fourth-order valence-corrected chi connectivity index (χ4v) is 6.89. The topological polar surface area (TPSA) is 86.8 Å². The van der Waals surface area contributed by atoms with Gasteiger partial charge in [-0.3, -0.25) is 13.9 Å². The second kappa shape index (κ2) is 15.4. The van der Waals surface area contributed by atoms with Crippen molar-refractivity contribution in [3.63, 3.8) is 0 Å². The summed E-state index contributed by atoms with van der Waals surface area (Å²) in [7, 11) is -3.56. The summed E-state index contributed by atoms with van der Waals surface area (Å²) in [6.45, 7) is 2.27. The molecule has 1 aliphatic rings. The number of benzene rings is 3. The highest BCUT2D eigenvalue weighted by Gasteiger charge is 2.32. The first-order valence-electron chi connectivity index (χ1n) is 15.0. The van der Waals surface area contributed by atoms with Crippen LogP contribution in [-0.4, -0.2) is 50.0 Å². The highest BCUT2D eigenvalue weighted by atomic mass is 35.5. The maximum Gasteiger partial charge on any atom is 0.243 e. The molecule has 43 heavy (non-hydrogen) atoms. The van der Waals surface area contributed by atoms with Crippen LogP contribution in [0.25, 0.3) is 0 Å². The Morgan fingerprint density at radius 2 is 1.63 bits per heavy atom. The number of halogens is 1. The molecule has 3 aromatic carbocycles. The van der Waals surface area contributed by atoms with Gasteiger partial charge in [0.15, 0.2) is 0 Å². The fourth-order valence-electron chi connectivity index (χ4n) is 5.72. The van der Waals surface area contributed by atoms with Gasteiger partial charge in [-0.2, -0.15) is 0 Å². The standard InChI is InChI=1S/C34H42ClN3O4S/c1-26-12-9-19-31(22-26)38(43(2,41)42)21-11-20-33(39)37(25-28-15-10-16-29(35)23-28)32(24-27-13-5-3-6-14-27)34(40)36-30-17-7-4-8-18-30/h3,5-6,9-10,12-16,19,22-23,30,32H,4,7-8,11,17-18,20-21,24-25H2,1-2H3,(H,36,40)/t32-/m0/s1. The van der Waals surface area contributed by atoms with Gasteiger partial charge < -0.3 is 10.2 Å². The number of aryl methyl sites for hydroxylation is 1. The van der Waals surface area contributed by atoms with Crippen LogP contribution in [-0.2, 0) is 32.6 Å². The largest absolute Gasteiger partial charge is 0.352 e. The first kappa shape index (κ1) is 32.6. The summed E-state index contributed by atoms with van der Waals surface area (Å²) in [6.07, 6.45) is 7.13. The molecule has 1 N–H and O–H groups in total. The Kier molecular flexibility index (Phi) is 11.7. The molecule has 0 heterocycles. The lowest BCUT2D eigenvalue weighted by atomic mass is 9.94. The molecule has 1 aliphatic carbocycles. The summed E-state index contributed by atoms with van der Waals surface area (Å²) in [5.74, 6) is -0.374. The zero-order valence-corrected chi connectivity index (χ0v) is 26.6. The SMILES string of the molecule is Cc1cccc(N(CCCC(=O)N(Cc2cccc(Cl)c2)[C@@H](Cc2ccccc2)C(=O)NC2CCCCC2)S(C)(=O)=O)c1. The van der Waals surface area contributed by atoms with Crippen molar-refractivity contribution in [1.82, 2.24) is 10.2 Å². The summed E-state index contributed by atoms with van der Waals surface area (Å²) in [5, 5.41) is 3.80. The normalized spacial score (nSPS) is 14.6. The molecule has 230 valence electrons. The summed E-state index contributed by atoms with van der Waals surface area (Å²) < 4.78 is 26.7. The molecular weight excluding hydrogens is 582 g/mol. The average Bonchev–Trinajstić information content (AvgIpc) is 2.97. The fraction of sp³-hybridized carbons (Fsp3) is 0.412. The number of amides is 2. The van der Waals surface area contributed by atoms with Crippen molar-refractivity contribution in [2.45, 2.75) is 76.9 Å². The van der Waals surface area contributed by atoms with Gasteiger partial charge in [0.25, 0.3) is 0 Å². The van der Waals surface area contributed by atoms with Crippen LogP contribution in [0.2, 0.25) is 5.02 Å². The van der Waals surface area contributed by atoms with Crippen molar-refractivity contribution in [3.8, 4) is 0 Å². The number of hydrogen-bond acceptors (Lipinski definition) is 4. The van der Waals surface area contributed by atoms with Gasteiger partial charge in [-0.05, 0) is 67.1 Å². The van der Waals surface area contributed by atoms with Crippen LogP contribution in [0.3, 0.4) is 0 Å². The number of carbonyl (C=O) groups excluding carboxylic acids is 2. The smallest absolute Gasteiger partial charge is 0.243 e. The molecule has 0 radical (unpaired) electrons. The average molecular weight is 624 g/mol. The minimum atomic E-state index is -3.56. The molecule has 1 saturated carbocycles. The molecular formula is C34H42ClN3O4S. The van der Waals surface area contributed by atoms with E-state index in [1.165, 1.54) is 17.0 Å². The number of hydrogen-bond donors (Lipinski definition) is 1. The predicted molar refractivity (Wildman–Crippen MR) is 174 cm³/mol. The molecule has 7 nitrogen and oxygen atoms in total. The number of nitrogens with one attached hydrogen (secondary N) is 1. The van der Waals surface area contributed by atoms with Gasteiger partial charge in [0.05, 0.1) is 11.9 Å². The lowest BCUT2D eigenvalue weighted by Crippen LogP contribution is -2.52. The Bertz CT molecular complexity index is 1480. The minimum absolute atomic E-state index is 0.0837. The molecule has 0 bridgehead atoms. The van der Waals surface area contributed by atoms with Crippen LogP contribution in [0.4, 0.5) is 5.69 Å². The van der Waals surface area contributed by atoms with Crippen molar-refractivity contribution < 1.29 is 18.0 Å². The highest BCUT2D eigenvalue weighted by Crippen LogP contribution is 2.23. The van der Waals surface area contributed by atoms with Crippen LogP contribution in [0.1, 0.15) is 61.6 Å². The van der Waals surface area contributed by atoms with E-state index in [0.29, 0.717) is 23.6 Å². The summed E-state index contributed by atoms with van der Waals surface area (Å²) >= 11 is 6.29. The second-order valence-corrected chi connectivity index (χ2v) is 13.8. The van der Waals surface area contributed by atoms with Gasteiger partial charge in [-0.1, -0.05) is 85.5 Å². The van der Waals surface area contributed by atoms with Crippen LogP contribution in [0.5, 0.6) is 0 Å². The Morgan fingerprint density at radius 3 is 2.30 bits per heavy atom. The van der Waals surface area contributed by atoms with Crippen LogP contribution in [0.15, 0.2) is 78.9 Å². The summed E-state index contributed by atoms with van der Waals surface area (Å²) in [6, 6.07) is 23.7. The molecule has 0 saturated heterocycles. The van der Waals surface area contributed by atoms with Crippen LogP contribution >= 0.6 is 11.6 Å². The predicted octanol–water partition coefficient (Wildman–Crippen LogP) is 6.28. The van der Waals surface area contributed by atoms with Crippen molar-refractivity contribution in [1.29, 1.82) is 0 Å². The van der Waals surface area contributed by atoms with E-state index in [1.54, 1.807) is 17.0 Å². The Morgan fingerprint density at radius 1 is 0.930 bits per heavy atom. The van der Waals surface area contributed by atoms with E-state index >= 15 is 0 Å². The van der Waals surface area contributed by atoms with E-state index in [9.17, 15) is 18.0 Å². The lowest BCUT2D eigenvalue weighted by molar-refractivity contribution is -0.141. The van der Waals surface area contributed by atoms with Gasteiger partial charge in [0, 0.05) is 37.0 Å². The molecule has 0 aromatic heterocycles. The van der Waals surface area contributed by atoms with E-state index < -0.39 is 16.1 Å². The molecule has 0 aliphatic heterocycles. The Balaban J connectivity index is 1.59. The van der Waals surface area contributed by atoms with E-state index in [1.807, 2.05) is 73.7 Å². The molecule has 0 unspecified atom stereocenters. The third kappa shape index (κ3) is 9.83. The summed E-state index contributed by atoms with van der Waals surface area (Å²) in [5.41, 5.74) is 3.29. The Hall–Kier alpha value is -3.36. The number of nitrogens with zero attached hydrogens (tertiary/aromatic N) is 2. The van der Waals surface area contributed by atoms with E-state index in [0.717, 1.165) is 42.4 Å². The molecule has 0 spiro atoms. The number of sulfonamides is 1. The van der Waals surface area contributed by atoms with Crippen molar-refractivity contribution >= 4 is 39.1 Å². The quantitative estimate of drug-likeness (QED) is 0.243. The van der Waals surface area contributed by atoms with Gasteiger partial charge in [-0.25, -0.2) is 8.42 Å². The molecule has 1 atom stereocenters. The van der Waals surface area contributed by atoms with Crippen LogP contribution < -0.4 is 9.62 Å². The zero-order valence-electron chi connectivity index (χ0n) is 25.0. The van der Waals surface area contributed by atoms with E-state index in [2.05, 4.69) is 5.32 Å². The van der Waals surface area contributed by atoms with E-state index in [-0.39, 0.29) is 37.4 Å². The zero-order chi connectivity index (χ0) is 30.8. The molecule has 3 aromatic rings. The van der Waals surface area contributed by atoms with Gasteiger partial charge >= 0.3 is 0 Å². The third-order valence-corrected chi connectivity index (χ3v) is 9.34. The maximum atomic E-state index is 14.0. The Labute approximate surface area is 261 Å². The number of anilines is 1. The van der Waals surface area contributed by atoms with Crippen molar-refractivity contribution in [2.75, 3.05) is 17.1 Å².